The number of amides is 1. The molecule has 0 atom stereocenters. The number of carbonyl (C=O) groups excluding carboxylic acids is 1. The number of hydrogen-bond donors (Lipinski definition) is 1. The summed E-state index contributed by atoms with van der Waals surface area (Å²) in [6.45, 7) is 5.87. The maximum absolute atomic E-state index is 13.4. The van der Waals surface area contributed by atoms with Crippen LogP contribution in [0.1, 0.15) is 22.3 Å². The van der Waals surface area contributed by atoms with E-state index in [2.05, 4.69) is 5.32 Å². The van der Waals surface area contributed by atoms with Gasteiger partial charge in [0.05, 0.1) is 0 Å². The summed E-state index contributed by atoms with van der Waals surface area (Å²) in [5.74, 6) is 0.196. The number of carbonyl (C=O) groups is 1. The molecule has 2 aromatic rings. The molecule has 22 heavy (non-hydrogen) atoms. The molecule has 2 aromatic carbocycles. The Morgan fingerprint density at radius 3 is 2.55 bits per heavy atom. The fourth-order valence-electron chi connectivity index (χ4n) is 2.10. The number of halogens is 1. The molecule has 0 saturated heterocycles. The molecule has 0 radical (unpaired) electrons. The van der Waals surface area contributed by atoms with E-state index in [4.69, 9.17) is 4.74 Å². The average Bonchev–Trinajstić information content (AvgIpc) is 2.47. The van der Waals surface area contributed by atoms with Crippen molar-refractivity contribution in [2.75, 3.05) is 6.61 Å². The molecule has 0 spiro atoms. The zero-order valence-corrected chi connectivity index (χ0v) is 13.1. The molecule has 3 nitrogen and oxygen atoms in total. The zero-order valence-electron chi connectivity index (χ0n) is 13.1. The van der Waals surface area contributed by atoms with Gasteiger partial charge >= 0.3 is 0 Å². The van der Waals surface area contributed by atoms with Gasteiger partial charge in [-0.15, -0.1) is 0 Å². The van der Waals surface area contributed by atoms with Crippen LogP contribution in [0.3, 0.4) is 0 Å². The lowest BCUT2D eigenvalue weighted by Crippen LogP contribution is -2.28. The molecule has 0 aliphatic rings. The fourth-order valence-corrected chi connectivity index (χ4v) is 2.10. The van der Waals surface area contributed by atoms with Crippen LogP contribution >= 0.6 is 0 Å². The molecule has 1 N–H and O–H groups in total. The maximum Gasteiger partial charge on any atom is 0.258 e. The first-order valence-electron chi connectivity index (χ1n) is 7.17. The summed E-state index contributed by atoms with van der Waals surface area (Å²) >= 11 is 0. The van der Waals surface area contributed by atoms with Crippen molar-refractivity contribution in [1.82, 2.24) is 5.32 Å². The molecule has 0 aromatic heterocycles. The zero-order chi connectivity index (χ0) is 16.1. The monoisotopic (exact) mass is 301 g/mol. The molecule has 1 amide bonds. The highest BCUT2D eigenvalue weighted by Crippen LogP contribution is 2.18. The lowest BCUT2D eigenvalue weighted by molar-refractivity contribution is -0.123. The Morgan fingerprint density at radius 1 is 1.09 bits per heavy atom. The van der Waals surface area contributed by atoms with Gasteiger partial charge in [-0.25, -0.2) is 4.39 Å². The predicted octanol–water partition coefficient (Wildman–Crippen LogP) is 3.45. The molecular weight excluding hydrogens is 281 g/mol. The van der Waals surface area contributed by atoms with Gasteiger partial charge in [0, 0.05) is 6.54 Å². The lowest BCUT2D eigenvalue weighted by Gasteiger charge is -2.10. The van der Waals surface area contributed by atoms with E-state index in [1.165, 1.54) is 6.07 Å². The lowest BCUT2D eigenvalue weighted by atomic mass is 10.1. The minimum atomic E-state index is -0.265. The van der Waals surface area contributed by atoms with Crippen molar-refractivity contribution in [2.24, 2.45) is 0 Å². The van der Waals surface area contributed by atoms with Crippen molar-refractivity contribution in [3.63, 3.8) is 0 Å². The summed E-state index contributed by atoms with van der Waals surface area (Å²) in [6.07, 6.45) is 0. The number of hydrogen-bond acceptors (Lipinski definition) is 2. The summed E-state index contributed by atoms with van der Waals surface area (Å²) in [4.78, 5) is 11.8. The van der Waals surface area contributed by atoms with E-state index in [1.54, 1.807) is 19.1 Å². The highest BCUT2D eigenvalue weighted by atomic mass is 19.1. The number of nitrogens with one attached hydrogen (secondary N) is 1. The van der Waals surface area contributed by atoms with Gasteiger partial charge in [-0.3, -0.25) is 4.79 Å². The standard InChI is InChI=1S/C18H20FNO2/c1-12-4-7-17(14(3)8-12)22-11-18(21)20-10-15-6-5-13(2)16(19)9-15/h4-9H,10-11H2,1-3H3,(H,20,21). The molecule has 0 bridgehead atoms. The smallest absolute Gasteiger partial charge is 0.258 e. The van der Waals surface area contributed by atoms with Crippen molar-refractivity contribution in [1.29, 1.82) is 0 Å². The predicted molar refractivity (Wildman–Crippen MR) is 84.4 cm³/mol. The van der Waals surface area contributed by atoms with E-state index in [9.17, 15) is 9.18 Å². The first-order valence-corrected chi connectivity index (χ1v) is 7.17. The molecule has 0 unspecified atom stereocenters. The van der Waals surface area contributed by atoms with Crippen LogP contribution in [0.4, 0.5) is 4.39 Å². The number of benzene rings is 2. The van der Waals surface area contributed by atoms with Gasteiger partial charge in [0.15, 0.2) is 6.61 Å². The number of ether oxygens (including phenoxy) is 1. The number of aryl methyl sites for hydroxylation is 3. The Kier molecular flexibility index (Phi) is 5.15. The van der Waals surface area contributed by atoms with Crippen molar-refractivity contribution >= 4 is 5.91 Å². The van der Waals surface area contributed by atoms with Gasteiger partial charge in [-0.1, -0.05) is 29.8 Å². The first-order chi connectivity index (χ1) is 10.5. The normalized spacial score (nSPS) is 10.4. The minimum Gasteiger partial charge on any atom is -0.484 e. The van der Waals surface area contributed by atoms with E-state index in [-0.39, 0.29) is 24.9 Å². The molecule has 4 heteroatoms. The van der Waals surface area contributed by atoms with Crippen LogP contribution in [-0.4, -0.2) is 12.5 Å². The average molecular weight is 301 g/mol. The second kappa shape index (κ2) is 7.07. The van der Waals surface area contributed by atoms with Crippen LogP contribution in [0.15, 0.2) is 36.4 Å². The quantitative estimate of drug-likeness (QED) is 0.918. The van der Waals surface area contributed by atoms with E-state index in [0.29, 0.717) is 11.3 Å². The van der Waals surface area contributed by atoms with Gasteiger partial charge in [-0.2, -0.15) is 0 Å². The topological polar surface area (TPSA) is 38.3 Å². The number of rotatable bonds is 5. The molecule has 0 saturated carbocycles. The van der Waals surface area contributed by atoms with Crippen LogP contribution in [0.25, 0.3) is 0 Å². The summed E-state index contributed by atoms with van der Waals surface area (Å²) in [5, 5.41) is 2.72. The van der Waals surface area contributed by atoms with Crippen LogP contribution in [0, 0.1) is 26.6 Å². The molecule has 116 valence electrons. The largest absolute Gasteiger partial charge is 0.484 e. The Morgan fingerprint density at radius 2 is 1.86 bits per heavy atom. The van der Waals surface area contributed by atoms with Crippen molar-refractivity contribution in [3.8, 4) is 5.75 Å². The fraction of sp³-hybridized carbons (Fsp3) is 0.278. The molecular formula is C18H20FNO2. The van der Waals surface area contributed by atoms with Crippen molar-refractivity contribution in [2.45, 2.75) is 27.3 Å². The second-order valence-corrected chi connectivity index (χ2v) is 5.42. The molecule has 0 aliphatic carbocycles. The Bertz CT molecular complexity index is 683. The van der Waals surface area contributed by atoms with Gasteiger partial charge in [0.2, 0.25) is 0 Å². The molecule has 0 fully saturated rings. The first kappa shape index (κ1) is 16.0. The third-order valence-corrected chi connectivity index (χ3v) is 3.42. The summed E-state index contributed by atoms with van der Waals surface area (Å²) in [6, 6.07) is 10.7. The van der Waals surface area contributed by atoms with Gasteiger partial charge in [0.1, 0.15) is 11.6 Å². The van der Waals surface area contributed by atoms with Crippen LogP contribution in [0.5, 0.6) is 5.75 Å². The maximum atomic E-state index is 13.4. The van der Waals surface area contributed by atoms with Gasteiger partial charge < -0.3 is 10.1 Å². The van der Waals surface area contributed by atoms with Gasteiger partial charge in [-0.05, 0) is 49.6 Å². The van der Waals surface area contributed by atoms with E-state index >= 15 is 0 Å². The minimum absolute atomic E-state index is 0.0573. The van der Waals surface area contributed by atoms with Crippen molar-refractivity contribution in [3.05, 3.63) is 64.5 Å². The highest BCUT2D eigenvalue weighted by molar-refractivity contribution is 5.77. The Labute approximate surface area is 130 Å². The van der Waals surface area contributed by atoms with Gasteiger partial charge in [0.25, 0.3) is 5.91 Å². The van der Waals surface area contributed by atoms with E-state index < -0.39 is 0 Å². The second-order valence-electron chi connectivity index (χ2n) is 5.42. The summed E-state index contributed by atoms with van der Waals surface area (Å²) in [5.41, 5.74) is 3.46. The molecule has 2 rings (SSSR count). The van der Waals surface area contributed by atoms with E-state index in [1.807, 2.05) is 32.0 Å². The summed E-state index contributed by atoms with van der Waals surface area (Å²) in [7, 11) is 0. The SMILES string of the molecule is Cc1ccc(OCC(=O)NCc2ccc(C)c(F)c2)c(C)c1. The third kappa shape index (κ3) is 4.32. The van der Waals surface area contributed by atoms with Crippen molar-refractivity contribution < 1.29 is 13.9 Å². The molecule has 0 heterocycles. The summed E-state index contributed by atoms with van der Waals surface area (Å²) < 4.78 is 18.9. The highest BCUT2D eigenvalue weighted by Gasteiger charge is 2.06. The Balaban J connectivity index is 1.84. The third-order valence-electron chi connectivity index (χ3n) is 3.42. The van der Waals surface area contributed by atoms with Crippen LogP contribution in [0.2, 0.25) is 0 Å². The molecule has 0 aliphatic heterocycles. The van der Waals surface area contributed by atoms with Crippen LogP contribution < -0.4 is 10.1 Å². The van der Waals surface area contributed by atoms with E-state index in [0.717, 1.165) is 16.7 Å². The Hall–Kier alpha value is -2.36. The van der Waals surface area contributed by atoms with Crippen LogP contribution in [-0.2, 0) is 11.3 Å².